The molecule has 3 aromatic rings. The summed E-state index contributed by atoms with van der Waals surface area (Å²) < 4.78 is 14.4. The van der Waals surface area contributed by atoms with Crippen LogP contribution < -0.4 is 16.4 Å². The van der Waals surface area contributed by atoms with Crippen molar-refractivity contribution in [1.29, 1.82) is 0 Å². The van der Waals surface area contributed by atoms with Gasteiger partial charge in [-0.2, -0.15) is 0 Å². The summed E-state index contributed by atoms with van der Waals surface area (Å²) in [4.78, 5) is 4.20. The number of nitrogens with two attached hydrogens (primary N) is 1. The first-order valence-corrected chi connectivity index (χ1v) is 8.51. The van der Waals surface area contributed by atoms with Crippen molar-refractivity contribution in [2.75, 3.05) is 30.7 Å². The topological polar surface area (TPSA) is 63.0 Å². The van der Waals surface area contributed by atoms with Crippen LogP contribution in [0.4, 0.5) is 15.9 Å². The summed E-state index contributed by atoms with van der Waals surface area (Å²) in [6, 6.07) is 11.0. The van der Waals surface area contributed by atoms with Gasteiger partial charge in [-0.1, -0.05) is 12.1 Å². The number of fused-ring (bicyclic) bond motifs is 1. The van der Waals surface area contributed by atoms with Crippen LogP contribution >= 0.6 is 0 Å². The molecule has 2 heterocycles. The van der Waals surface area contributed by atoms with E-state index in [0.717, 1.165) is 47.2 Å². The van der Waals surface area contributed by atoms with E-state index in [1.54, 1.807) is 12.3 Å². The molecule has 1 saturated heterocycles. The molecule has 0 spiro atoms. The average molecular weight is 336 g/mol. The number of aryl methyl sites for hydroxylation is 1. The number of rotatable bonds is 4. The molecule has 2 aromatic carbocycles. The Hall–Kier alpha value is -2.66. The van der Waals surface area contributed by atoms with E-state index in [-0.39, 0.29) is 5.82 Å². The molecule has 1 aromatic heterocycles. The minimum atomic E-state index is -0.211. The lowest BCUT2D eigenvalue weighted by atomic mass is 9.96. The molecule has 0 amide bonds. The molecular formula is C20H21FN4. The van der Waals surface area contributed by atoms with Gasteiger partial charge in [0.1, 0.15) is 11.6 Å². The predicted molar refractivity (Wildman–Crippen MR) is 101 cm³/mol. The minimum absolute atomic E-state index is 0.211. The highest BCUT2D eigenvalue weighted by atomic mass is 19.1. The summed E-state index contributed by atoms with van der Waals surface area (Å²) in [5.74, 6) is 0.890. The fourth-order valence-electron chi connectivity index (χ4n) is 3.31. The second-order valence-corrected chi connectivity index (χ2v) is 6.69. The van der Waals surface area contributed by atoms with Crippen molar-refractivity contribution in [1.82, 2.24) is 10.3 Å². The van der Waals surface area contributed by atoms with Gasteiger partial charge in [0.05, 0.1) is 0 Å². The van der Waals surface area contributed by atoms with Crippen LogP contribution in [0.25, 0.3) is 21.9 Å². The Kier molecular flexibility index (Phi) is 4.01. The largest absolute Gasteiger partial charge is 0.384 e. The predicted octanol–water partition coefficient (Wildman–Crippen LogP) is 3.56. The number of aromatic nitrogens is 1. The first kappa shape index (κ1) is 15.8. The minimum Gasteiger partial charge on any atom is -0.384 e. The van der Waals surface area contributed by atoms with E-state index in [9.17, 15) is 4.39 Å². The maximum Gasteiger partial charge on any atom is 0.131 e. The van der Waals surface area contributed by atoms with Crippen LogP contribution in [0.3, 0.4) is 0 Å². The van der Waals surface area contributed by atoms with Crippen LogP contribution in [0.1, 0.15) is 5.56 Å². The zero-order valence-electron chi connectivity index (χ0n) is 14.1. The molecule has 4 rings (SSSR count). The first-order chi connectivity index (χ1) is 12.1. The van der Waals surface area contributed by atoms with E-state index in [2.05, 4.69) is 15.6 Å². The molecule has 1 aliphatic heterocycles. The second-order valence-electron chi connectivity index (χ2n) is 6.69. The smallest absolute Gasteiger partial charge is 0.131 e. The number of benzene rings is 2. The fraction of sp³-hybridized carbons (Fsp3) is 0.250. The molecule has 0 bridgehead atoms. The van der Waals surface area contributed by atoms with Gasteiger partial charge in [0.25, 0.3) is 0 Å². The van der Waals surface area contributed by atoms with E-state index < -0.39 is 0 Å². The Morgan fingerprint density at radius 2 is 2.12 bits per heavy atom. The van der Waals surface area contributed by atoms with Gasteiger partial charge >= 0.3 is 0 Å². The lowest BCUT2D eigenvalue weighted by molar-refractivity contribution is 0.365. The van der Waals surface area contributed by atoms with Crippen molar-refractivity contribution in [2.24, 2.45) is 5.92 Å². The number of halogens is 1. The van der Waals surface area contributed by atoms with Gasteiger partial charge in [0.15, 0.2) is 0 Å². The number of nitrogen functional groups attached to an aromatic ring is 1. The van der Waals surface area contributed by atoms with Crippen molar-refractivity contribution in [3.05, 3.63) is 54.0 Å². The van der Waals surface area contributed by atoms with Gasteiger partial charge in [0, 0.05) is 53.8 Å². The Balaban J connectivity index is 1.83. The zero-order chi connectivity index (χ0) is 17.4. The maximum atomic E-state index is 14.4. The number of anilines is 2. The van der Waals surface area contributed by atoms with Crippen molar-refractivity contribution < 1.29 is 4.39 Å². The Labute approximate surface area is 146 Å². The lowest BCUT2D eigenvalue weighted by Crippen LogP contribution is -2.45. The van der Waals surface area contributed by atoms with E-state index >= 15 is 0 Å². The third-order valence-electron chi connectivity index (χ3n) is 4.81. The van der Waals surface area contributed by atoms with Crippen molar-refractivity contribution in [3.8, 4) is 11.1 Å². The molecule has 0 aliphatic carbocycles. The summed E-state index contributed by atoms with van der Waals surface area (Å²) in [7, 11) is 0. The van der Waals surface area contributed by atoms with E-state index in [1.165, 1.54) is 6.07 Å². The molecule has 0 saturated carbocycles. The van der Waals surface area contributed by atoms with E-state index in [1.807, 2.05) is 31.2 Å². The molecular weight excluding hydrogens is 315 g/mol. The Morgan fingerprint density at radius 1 is 1.28 bits per heavy atom. The molecule has 5 heteroatoms. The van der Waals surface area contributed by atoms with Gasteiger partial charge in [-0.05, 0) is 42.3 Å². The van der Waals surface area contributed by atoms with Gasteiger partial charge in [-0.15, -0.1) is 0 Å². The molecule has 4 nitrogen and oxygen atoms in total. The second kappa shape index (κ2) is 6.33. The standard InChI is InChI=1S/C20H21FN4/c1-12-3-2-4-17(21)20(12)14-5-15-11-25-19(22)7-16(15)18(6-14)24-10-13-8-23-9-13/h2-7,11,13,23-24H,8-10H2,1H3,(H2,22,25). The molecule has 4 N–H and O–H groups in total. The molecule has 0 radical (unpaired) electrons. The van der Waals surface area contributed by atoms with Gasteiger partial charge in [-0.3, -0.25) is 0 Å². The normalized spacial score (nSPS) is 14.5. The summed E-state index contributed by atoms with van der Waals surface area (Å²) >= 11 is 0. The summed E-state index contributed by atoms with van der Waals surface area (Å²) in [6.45, 7) is 4.86. The lowest BCUT2D eigenvalue weighted by Gasteiger charge is -2.28. The molecule has 25 heavy (non-hydrogen) atoms. The first-order valence-electron chi connectivity index (χ1n) is 8.51. The van der Waals surface area contributed by atoms with Gasteiger partial charge in [-0.25, -0.2) is 9.37 Å². The average Bonchev–Trinajstić information content (AvgIpc) is 2.53. The summed E-state index contributed by atoms with van der Waals surface area (Å²) in [5.41, 5.74) is 9.24. The van der Waals surface area contributed by atoms with Gasteiger partial charge in [0.2, 0.25) is 0 Å². The molecule has 0 atom stereocenters. The third kappa shape index (κ3) is 3.03. The molecule has 128 valence electrons. The number of nitrogens with zero attached hydrogens (tertiary/aromatic N) is 1. The fourth-order valence-corrected chi connectivity index (χ4v) is 3.31. The summed E-state index contributed by atoms with van der Waals surface area (Å²) in [6.07, 6.45) is 1.75. The third-order valence-corrected chi connectivity index (χ3v) is 4.81. The van der Waals surface area contributed by atoms with Crippen LogP contribution in [-0.4, -0.2) is 24.6 Å². The van der Waals surface area contributed by atoms with Crippen molar-refractivity contribution in [3.63, 3.8) is 0 Å². The van der Waals surface area contributed by atoms with Crippen molar-refractivity contribution >= 4 is 22.3 Å². The van der Waals surface area contributed by atoms with Crippen LogP contribution in [0, 0.1) is 18.7 Å². The van der Waals surface area contributed by atoms with Gasteiger partial charge < -0.3 is 16.4 Å². The monoisotopic (exact) mass is 336 g/mol. The van der Waals surface area contributed by atoms with Crippen LogP contribution in [0.5, 0.6) is 0 Å². The summed E-state index contributed by atoms with van der Waals surface area (Å²) in [5, 5.41) is 8.76. The number of nitrogens with one attached hydrogen (secondary N) is 2. The molecule has 1 fully saturated rings. The van der Waals surface area contributed by atoms with Crippen LogP contribution in [0.15, 0.2) is 42.6 Å². The quantitative estimate of drug-likeness (QED) is 0.682. The highest BCUT2D eigenvalue weighted by Gasteiger charge is 2.17. The number of pyridine rings is 1. The highest BCUT2D eigenvalue weighted by Crippen LogP contribution is 2.34. The number of hydrogen-bond acceptors (Lipinski definition) is 4. The Morgan fingerprint density at radius 3 is 2.84 bits per heavy atom. The van der Waals surface area contributed by atoms with Crippen LogP contribution in [-0.2, 0) is 0 Å². The highest BCUT2D eigenvalue weighted by molar-refractivity contribution is 5.98. The molecule has 1 aliphatic rings. The SMILES string of the molecule is Cc1cccc(F)c1-c1cc(NCC2CNC2)c2cc(N)ncc2c1. The zero-order valence-corrected chi connectivity index (χ0v) is 14.1. The Bertz CT molecular complexity index is 914. The number of hydrogen-bond donors (Lipinski definition) is 3. The molecule has 0 unspecified atom stereocenters. The van der Waals surface area contributed by atoms with E-state index in [0.29, 0.717) is 17.3 Å². The van der Waals surface area contributed by atoms with Crippen molar-refractivity contribution in [2.45, 2.75) is 6.92 Å². The van der Waals surface area contributed by atoms with Crippen LogP contribution in [0.2, 0.25) is 0 Å². The maximum absolute atomic E-state index is 14.4. The van der Waals surface area contributed by atoms with E-state index in [4.69, 9.17) is 5.73 Å².